The van der Waals surface area contributed by atoms with Gasteiger partial charge in [0.15, 0.2) is 12.5 Å². The summed E-state index contributed by atoms with van der Waals surface area (Å²) in [6, 6.07) is 6.59. The van der Waals surface area contributed by atoms with Crippen LogP contribution in [0.25, 0.3) is 0 Å². The molecule has 0 aliphatic carbocycles. The highest BCUT2D eigenvalue weighted by molar-refractivity contribution is 6.04. The van der Waals surface area contributed by atoms with Crippen molar-refractivity contribution in [1.82, 2.24) is 4.90 Å². The predicted octanol–water partition coefficient (Wildman–Crippen LogP) is 3.05. The highest BCUT2D eigenvalue weighted by atomic mass is 16.7. The number of carbonyl (C=O) groups excluding carboxylic acids is 1. The fraction of sp³-hybridized carbons (Fsp3) is 0.579. The summed E-state index contributed by atoms with van der Waals surface area (Å²) in [6.07, 6.45) is 3.01. The minimum Gasteiger partial charge on any atom is -0.465 e. The molecule has 140 valence electrons. The van der Waals surface area contributed by atoms with E-state index in [2.05, 4.69) is 0 Å². The first-order valence-electron chi connectivity index (χ1n) is 9.36. The zero-order valence-electron chi connectivity index (χ0n) is 14.7. The second-order valence-electron chi connectivity index (χ2n) is 7.05. The zero-order valence-corrected chi connectivity index (χ0v) is 14.7. The van der Waals surface area contributed by atoms with Crippen LogP contribution >= 0.6 is 0 Å². The van der Waals surface area contributed by atoms with Crippen LogP contribution in [-0.4, -0.2) is 53.7 Å². The summed E-state index contributed by atoms with van der Waals surface area (Å²) in [4.78, 5) is 28.3. The summed E-state index contributed by atoms with van der Waals surface area (Å²) >= 11 is 0. The van der Waals surface area contributed by atoms with Crippen LogP contribution in [0, 0.1) is 0 Å². The van der Waals surface area contributed by atoms with E-state index in [4.69, 9.17) is 9.47 Å². The Kier molecular flexibility index (Phi) is 4.82. The molecule has 7 heteroatoms. The molecule has 4 rings (SSSR count). The summed E-state index contributed by atoms with van der Waals surface area (Å²) in [6.45, 7) is 1.24. The molecule has 0 bridgehead atoms. The van der Waals surface area contributed by atoms with Crippen molar-refractivity contribution in [3.05, 3.63) is 29.8 Å². The number of hydrogen-bond donors (Lipinski definition) is 1. The van der Waals surface area contributed by atoms with Gasteiger partial charge in [0, 0.05) is 13.2 Å². The molecule has 3 atom stereocenters. The minimum atomic E-state index is -1.11. The number of amides is 2. The summed E-state index contributed by atoms with van der Waals surface area (Å²) < 4.78 is 11.9. The van der Waals surface area contributed by atoms with Gasteiger partial charge in [0.05, 0.1) is 17.3 Å². The van der Waals surface area contributed by atoms with Crippen LogP contribution in [0.5, 0.6) is 0 Å². The Labute approximate surface area is 152 Å². The summed E-state index contributed by atoms with van der Waals surface area (Å²) in [5.74, 6) is -0.118. The second kappa shape index (κ2) is 7.25. The third-order valence-corrected chi connectivity index (χ3v) is 5.42. The van der Waals surface area contributed by atoms with Gasteiger partial charge < -0.3 is 19.5 Å². The van der Waals surface area contributed by atoms with E-state index in [0.29, 0.717) is 24.4 Å². The van der Waals surface area contributed by atoms with E-state index in [1.165, 1.54) is 4.90 Å². The van der Waals surface area contributed by atoms with Gasteiger partial charge in [-0.05, 0) is 50.7 Å². The number of carbonyl (C=O) groups is 2. The maximum atomic E-state index is 13.1. The molecule has 2 saturated heterocycles. The van der Waals surface area contributed by atoms with Gasteiger partial charge in [-0.3, -0.25) is 4.79 Å². The van der Waals surface area contributed by atoms with E-state index in [1.54, 1.807) is 29.2 Å². The van der Waals surface area contributed by atoms with E-state index in [1.807, 2.05) is 0 Å². The van der Waals surface area contributed by atoms with Gasteiger partial charge in [0.25, 0.3) is 5.91 Å². The van der Waals surface area contributed by atoms with E-state index in [-0.39, 0.29) is 11.9 Å². The fourth-order valence-electron chi connectivity index (χ4n) is 4.17. The molecule has 0 radical (unpaired) electrons. The normalized spacial score (nSPS) is 28.9. The van der Waals surface area contributed by atoms with Crippen LogP contribution < -0.4 is 4.90 Å². The molecule has 3 heterocycles. The van der Waals surface area contributed by atoms with Crippen LogP contribution in [0.1, 0.15) is 48.9 Å². The van der Waals surface area contributed by atoms with Gasteiger partial charge in [0.1, 0.15) is 0 Å². The molecule has 0 spiro atoms. The lowest BCUT2D eigenvalue weighted by atomic mass is 10.00. The number of benzene rings is 1. The first-order valence-corrected chi connectivity index (χ1v) is 9.36. The monoisotopic (exact) mass is 360 g/mol. The average Bonchev–Trinajstić information content (AvgIpc) is 2.77. The van der Waals surface area contributed by atoms with Crippen LogP contribution in [-0.2, 0) is 9.47 Å². The third kappa shape index (κ3) is 3.05. The van der Waals surface area contributed by atoms with Crippen LogP contribution in [0.4, 0.5) is 10.5 Å². The lowest BCUT2D eigenvalue weighted by Gasteiger charge is -2.42. The highest BCUT2D eigenvalue weighted by Gasteiger charge is 2.45. The van der Waals surface area contributed by atoms with Crippen molar-refractivity contribution in [2.24, 2.45) is 0 Å². The van der Waals surface area contributed by atoms with Gasteiger partial charge in [-0.2, -0.15) is 0 Å². The Balaban J connectivity index is 1.76. The van der Waals surface area contributed by atoms with Gasteiger partial charge in [-0.15, -0.1) is 0 Å². The molecule has 1 aromatic carbocycles. The predicted molar refractivity (Wildman–Crippen MR) is 94.1 cm³/mol. The number of ether oxygens (including phenoxy) is 2. The van der Waals surface area contributed by atoms with Gasteiger partial charge in [0.2, 0.25) is 0 Å². The van der Waals surface area contributed by atoms with Crippen LogP contribution in [0.15, 0.2) is 24.3 Å². The zero-order chi connectivity index (χ0) is 18.1. The molecule has 2 amide bonds. The van der Waals surface area contributed by atoms with E-state index < -0.39 is 18.6 Å². The number of hydrogen-bond acceptors (Lipinski definition) is 4. The molecular formula is C19H24N2O5. The average molecular weight is 360 g/mol. The molecule has 2 fully saturated rings. The maximum Gasteiger partial charge on any atom is 0.414 e. The molecular weight excluding hydrogens is 336 g/mol. The van der Waals surface area contributed by atoms with Crippen molar-refractivity contribution in [3.8, 4) is 0 Å². The van der Waals surface area contributed by atoms with Gasteiger partial charge in [-0.25, -0.2) is 9.69 Å². The van der Waals surface area contributed by atoms with E-state index in [9.17, 15) is 14.7 Å². The van der Waals surface area contributed by atoms with Crippen molar-refractivity contribution in [2.75, 3.05) is 18.1 Å². The number of piperidine rings is 1. The number of anilines is 1. The van der Waals surface area contributed by atoms with Crippen molar-refractivity contribution >= 4 is 17.7 Å². The van der Waals surface area contributed by atoms with Crippen molar-refractivity contribution in [2.45, 2.75) is 57.1 Å². The fourth-order valence-corrected chi connectivity index (χ4v) is 4.17. The van der Waals surface area contributed by atoms with Crippen molar-refractivity contribution in [1.29, 1.82) is 0 Å². The molecule has 26 heavy (non-hydrogen) atoms. The highest BCUT2D eigenvalue weighted by Crippen LogP contribution is 2.36. The van der Waals surface area contributed by atoms with E-state index in [0.717, 1.165) is 38.5 Å². The third-order valence-electron chi connectivity index (χ3n) is 5.42. The second-order valence-corrected chi connectivity index (χ2v) is 7.05. The number of para-hydroxylation sites is 1. The minimum absolute atomic E-state index is 0.118. The molecule has 3 aliphatic rings. The first-order chi connectivity index (χ1) is 12.7. The Morgan fingerprint density at radius 3 is 2.73 bits per heavy atom. The molecule has 3 unspecified atom stereocenters. The standard InChI is InChI=1S/C19H24N2O5/c22-17-13-7-1-2-8-14(13)21(19(23)24)18(15-9-3-5-11-20(15)17)26-16-10-4-6-12-25-16/h1-2,7-8,15-16,18H,3-6,9-12H2,(H,23,24). The lowest BCUT2D eigenvalue weighted by molar-refractivity contribution is -0.198. The van der Waals surface area contributed by atoms with Crippen LogP contribution in [0.2, 0.25) is 0 Å². The topological polar surface area (TPSA) is 79.3 Å². The van der Waals surface area contributed by atoms with E-state index >= 15 is 0 Å². The molecule has 3 aliphatic heterocycles. The number of rotatable bonds is 2. The summed E-state index contributed by atoms with van der Waals surface area (Å²) in [7, 11) is 0. The van der Waals surface area contributed by atoms with Crippen molar-refractivity contribution in [3.63, 3.8) is 0 Å². The maximum absolute atomic E-state index is 13.1. The number of nitrogens with zero attached hydrogens (tertiary/aromatic N) is 2. The van der Waals surface area contributed by atoms with Crippen molar-refractivity contribution < 1.29 is 24.2 Å². The first kappa shape index (κ1) is 17.3. The Bertz CT molecular complexity index is 688. The molecule has 0 saturated carbocycles. The number of fused-ring (bicyclic) bond motifs is 2. The SMILES string of the molecule is O=C1c2ccccc2N(C(=O)O)C(OC2CCCCO2)C2CCCCN12. The Morgan fingerprint density at radius 2 is 1.96 bits per heavy atom. The molecule has 0 aromatic heterocycles. The number of carboxylic acid groups (broad SMARTS) is 1. The van der Waals surface area contributed by atoms with Crippen LogP contribution in [0.3, 0.4) is 0 Å². The smallest absolute Gasteiger partial charge is 0.414 e. The summed E-state index contributed by atoms with van der Waals surface area (Å²) in [5, 5.41) is 9.96. The summed E-state index contributed by atoms with van der Waals surface area (Å²) in [5.41, 5.74) is 0.803. The largest absolute Gasteiger partial charge is 0.465 e. The Morgan fingerprint density at radius 1 is 1.15 bits per heavy atom. The molecule has 1 aromatic rings. The molecule has 7 nitrogen and oxygen atoms in total. The quantitative estimate of drug-likeness (QED) is 0.877. The van der Waals surface area contributed by atoms with Gasteiger partial charge >= 0.3 is 6.09 Å². The van der Waals surface area contributed by atoms with Gasteiger partial charge in [-0.1, -0.05) is 12.1 Å². The Hall–Kier alpha value is -2.12. The molecule has 1 N–H and O–H groups in total. The lowest BCUT2D eigenvalue weighted by Crippen LogP contribution is -2.57.